The maximum absolute atomic E-state index is 10.8. The van der Waals surface area contributed by atoms with Crippen LogP contribution < -0.4 is 4.74 Å². The zero-order valence-electron chi connectivity index (χ0n) is 18.8. The minimum absolute atomic E-state index is 0.00134. The van der Waals surface area contributed by atoms with Gasteiger partial charge < -0.3 is 9.84 Å². The summed E-state index contributed by atoms with van der Waals surface area (Å²) < 4.78 is 5.77. The van der Waals surface area contributed by atoms with Gasteiger partial charge in [0.2, 0.25) is 0 Å². The second-order valence-electron chi connectivity index (χ2n) is 8.79. The normalized spacial score (nSPS) is 20.7. The van der Waals surface area contributed by atoms with E-state index in [0.717, 1.165) is 30.6 Å². The second-order valence-corrected chi connectivity index (χ2v) is 9.36. The molecular formula is C27H35ClO3. The molecule has 1 N–H and O–H groups in total. The van der Waals surface area contributed by atoms with Crippen molar-refractivity contribution in [1.29, 1.82) is 0 Å². The van der Waals surface area contributed by atoms with E-state index in [1.807, 2.05) is 6.92 Å². The number of rotatable bonds is 11. The SMILES string of the molecule is CCCCCCc1ccc(C2CCC(Cl)C2c2ccc(C)c(OCCC(=O)O)c2)cc1. The van der Waals surface area contributed by atoms with Gasteiger partial charge in [0.05, 0.1) is 13.0 Å². The van der Waals surface area contributed by atoms with Crippen LogP contribution in [0.1, 0.15) is 86.0 Å². The molecule has 4 heteroatoms. The molecule has 0 heterocycles. The highest BCUT2D eigenvalue weighted by Crippen LogP contribution is 2.49. The van der Waals surface area contributed by atoms with Gasteiger partial charge in [-0.15, -0.1) is 11.6 Å². The van der Waals surface area contributed by atoms with Crippen LogP contribution in [0.3, 0.4) is 0 Å². The number of alkyl halides is 1. The minimum atomic E-state index is -0.848. The number of hydrogen-bond acceptors (Lipinski definition) is 2. The Morgan fingerprint density at radius 3 is 2.52 bits per heavy atom. The van der Waals surface area contributed by atoms with Crippen molar-refractivity contribution in [3.8, 4) is 5.75 Å². The van der Waals surface area contributed by atoms with Gasteiger partial charge in [0.15, 0.2) is 0 Å². The molecule has 2 aromatic carbocycles. The number of halogens is 1. The zero-order chi connectivity index (χ0) is 22.2. The fourth-order valence-corrected chi connectivity index (χ4v) is 5.13. The van der Waals surface area contributed by atoms with Crippen LogP contribution in [0.25, 0.3) is 0 Å². The first-order valence-corrected chi connectivity index (χ1v) is 12.1. The van der Waals surface area contributed by atoms with Crippen molar-refractivity contribution in [1.82, 2.24) is 0 Å². The monoisotopic (exact) mass is 442 g/mol. The summed E-state index contributed by atoms with van der Waals surface area (Å²) in [5.41, 5.74) is 4.98. The van der Waals surface area contributed by atoms with E-state index in [1.54, 1.807) is 0 Å². The van der Waals surface area contributed by atoms with Crippen LogP contribution in [0.2, 0.25) is 0 Å². The summed E-state index contributed by atoms with van der Waals surface area (Å²) >= 11 is 6.81. The molecule has 168 valence electrons. The third kappa shape index (κ3) is 6.49. The van der Waals surface area contributed by atoms with E-state index in [2.05, 4.69) is 49.4 Å². The lowest BCUT2D eigenvalue weighted by Gasteiger charge is -2.24. The minimum Gasteiger partial charge on any atom is -0.493 e. The lowest BCUT2D eigenvalue weighted by Crippen LogP contribution is -2.13. The highest BCUT2D eigenvalue weighted by Gasteiger charge is 2.37. The van der Waals surface area contributed by atoms with Gasteiger partial charge in [0.1, 0.15) is 5.75 Å². The third-order valence-corrected chi connectivity index (χ3v) is 6.96. The van der Waals surface area contributed by atoms with Gasteiger partial charge in [0, 0.05) is 11.3 Å². The van der Waals surface area contributed by atoms with Gasteiger partial charge in [-0.05, 0) is 66.8 Å². The topological polar surface area (TPSA) is 46.5 Å². The van der Waals surface area contributed by atoms with E-state index in [9.17, 15) is 4.79 Å². The van der Waals surface area contributed by atoms with Gasteiger partial charge in [-0.1, -0.05) is 62.6 Å². The predicted molar refractivity (Wildman–Crippen MR) is 128 cm³/mol. The highest BCUT2D eigenvalue weighted by molar-refractivity contribution is 6.21. The predicted octanol–water partition coefficient (Wildman–Crippen LogP) is 7.24. The van der Waals surface area contributed by atoms with Crippen molar-refractivity contribution in [2.45, 2.75) is 82.4 Å². The van der Waals surface area contributed by atoms with Crippen LogP contribution >= 0.6 is 11.6 Å². The van der Waals surface area contributed by atoms with Crippen LogP contribution in [0, 0.1) is 6.92 Å². The molecule has 0 spiro atoms. The van der Waals surface area contributed by atoms with Gasteiger partial charge in [-0.25, -0.2) is 0 Å². The fraction of sp³-hybridized carbons (Fsp3) is 0.519. The number of aryl methyl sites for hydroxylation is 2. The summed E-state index contributed by atoms with van der Waals surface area (Å²) in [5.74, 6) is 0.542. The summed E-state index contributed by atoms with van der Waals surface area (Å²) in [6.07, 6.45) is 8.39. The Morgan fingerprint density at radius 1 is 1.06 bits per heavy atom. The molecule has 0 amide bonds. The molecule has 3 rings (SSSR count). The van der Waals surface area contributed by atoms with Crippen LogP contribution in [0.5, 0.6) is 5.75 Å². The second kappa shape index (κ2) is 11.6. The Hall–Kier alpha value is -2.00. The number of aliphatic carboxylic acids is 1. The van der Waals surface area contributed by atoms with Crippen LogP contribution in [-0.4, -0.2) is 23.1 Å². The summed E-state index contributed by atoms with van der Waals surface area (Å²) in [6, 6.07) is 15.4. The smallest absolute Gasteiger partial charge is 0.306 e. The molecule has 0 aliphatic heterocycles. The molecule has 0 aromatic heterocycles. The standard InChI is InChI=1S/C27H35ClO3/c1-3-4-5-6-7-20-9-12-21(13-10-20)23-14-15-24(28)27(23)22-11-8-19(2)25(18-22)31-17-16-26(29)30/h8-13,18,23-24,27H,3-7,14-17H2,1-2H3,(H,29,30). The first-order valence-electron chi connectivity index (χ1n) is 11.7. The maximum atomic E-state index is 10.8. The number of carbonyl (C=O) groups is 1. The fourth-order valence-electron chi connectivity index (χ4n) is 4.68. The number of carboxylic acid groups (broad SMARTS) is 1. The van der Waals surface area contributed by atoms with Crippen molar-refractivity contribution in [2.24, 2.45) is 0 Å². The van der Waals surface area contributed by atoms with E-state index in [0.29, 0.717) is 5.92 Å². The molecule has 1 fully saturated rings. The Balaban J connectivity index is 1.72. The Morgan fingerprint density at radius 2 is 1.81 bits per heavy atom. The molecule has 1 aliphatic rings. The van der Waals surface area contributed by atoms with Crippen molar-refractivity contribution in [2.75, 3.05) is 6.61 Å². The molecule has 0 saturated heterocycles. The Kier molecular flexibility index (Phi) is 8.83. The zero-order valence-corrected chi connectivity index (χ0v) is 19.5. The number of carboxylic acids is 1. The van der Waals surface area contributed by atoms with Crippen LogP contribution in [-0.2, 0) is 11.2 Å². The van der Waals surface area contributed by atoms with E-state index in [1.165, 1.54) is 42.4 Å². The van der Waals surface area contributed by atoms with Crippen molar-refractivity contribution < 1.29 is 14.6 Å². The highest BCUT2D eigenvalue weighted by atomic mass is 35.5. The summed E-state index contributed by atoms with van der Waals surface area (Å²) in [7, 11) is 0. The summed E-state index contributed by atoms with van der Waals surface area (Å²) in [4.78, 5) is 10.8. The van der Waals surface area contributed by atoms with Crippen LogP contribution in [0.15, 0.2) is 42.5 Å². The van der Waals surface area contributed by atoms with Gasteiger partial charge in [-0.2, -0.15) is 0 Å². The van der Waals surface area contributed by atoms with E-state index in [-0.39, 0.29) is 24.3 Å². The number of unbranched alkanes of at least 4 members (excludes halogenated alkanes) is 3. The van der Waals surface area contributed by atoms with Crippen LogP contribution in [0.4, 0.5) is 0 Å². The van der Waals surface area contributed by atoms with E-state index < -0.39 is 5.97 Å². The van der Waals surface area contributed by atoms with Gasteiger partial charge in [0.25, 0.3) is 0 Å². The molecule has 1 saturated carbocycles. The average Bonchev–Trinajstić information content (AvgIpc) is 3.14. The van der Waals surface area contributed by atoms with Crippen molar-refractivity contribution >= 4 is 17.6 Å². The number of benzene rings is 2. The lowest BCUT2D eigenvalue weighted by atomic mass is 9.83. The Bertz CT molecular complexity index is 846. The molecule has 2 aromatic rings. The average molecular weight is 443 g/mol. The molecule has 31 heavy (non-hydrogen) atoms. The summed E-state index contributed by atoms with van der Waals surface area (Å²) in [5, 5.41) is 8.97. The molecule has 3 atom stereocenters. The third-order valence-electron chi connectivity index (χ3n) is 6.47. The van der Waals surface area contributed by atoms with Crippen molar-refractivity contribution in [3.63, 3.8) is 0 Å². The quantitative estimate of drug-likeness (QED) is 0.294. The first-order chi connectivity index (χ1) is 15.0. The molecule has 0 radical (unpaired) electrons. The van der Waals surface area contributed by atoms with E-state index >= 15 is 0 Å². The summed E-state index contributed by atoms with van der Waals surface area (Å²) in [6.45, 7) is 4.41. The Labute approximate surface area is 191 Å². The largest absolute Gasteiger partial charge is 0.493 e. The van der Waals surface area contributed by atoms with Crippen molar-refractivity contribution in [3.05, 3.63) is 64.7 Å². The number of ether oxygens (including phenoxy) is 1. The lowest BCUT2D eigenvalue weighted by molar-refractivity contribution is -0.137. The molecular weight excluding hydrogens is 408 g/mol. The first kappa shape index (κ1) is 23.7. The number of hydrogen-bond donors (Lipinski definition) is 1. The van der Waals surface area contributed by atoms with Gasteiger partial charge >= 0.3 is 5.97 Å². The van der Waals surface area contributed by atoms with E-state index in [4.69, 9.17) is 21.4 Å². The molecule has 0 bridgehead atoms. The maximum Gasteiger partial charge on any atom is 0.306 e. The molecule has 3 nitrogen and oxygen atoms in total. The molecule has 1 aliphatic carbocycles. The van der Waals surface area contributed by atoms with Gasteiger partial charge in [-0.3, -0.25) is 4.79 Å². The molecule has 3 unspecified atom stereocenters.